The normalized spacial score (nSPS) is 52.5. The molecule has 0 aromatic rings. The van der Waals surface area contributed by atoms with Crippen LogP contribution in [-0.4, -0.2) is 42.3 Å². The Balaban J connectivity index is 1.55. The van der Waals surface area contributed by atoms with Gasteiger partial charge in [0.2, 0.25) is 0 Å². The molecular weight excluding hydrogens is 248 g/mol. The Morgan fingerprint density at radius 2 is 1.28 bits per heavy atom. The highest BCUT2D eigenvalue weighted by molar-refractivity contribution is 6.62. The summed E-state index contributed by atoms with van der Waals surface area (Å²) in [6.07, 6.45) is 5.08. The Bertz CT molecular complexity index is 329. The highest BCUT2D eigenvalue weighted by Gasteiger charge is 2.70. The monoisotopic (exact) mass is 270 g/mol. The molecule has 3 saturated carbocycles. The van der Waals surface area contributed by atoms with Crippen LogP contribution in [0.5, 0.6) is 0 Å². The van der Waals surface area contributed by atoms with Crippen LogP contribution in [0.1, 0.15) is 19.3 Å². The van der Waals surface area contributed by atoms with E-state index in [0.29, 0.717) is 17.7 Å². The zero-order chi connectivity index (χ0) is 12.5. The predicted molar refractivity (Wildman–Crippen MR) is 67.0 cm³/mol. The van der Waals surface area contributed by atoms with Gasteiger partial charge < -0.3 is 18.0 Å². The first kappa shape index (κ1) is 11.8. The van der Waals surface area contributed by atoms with Crippen molar-refractivity contribution in [1.29, 1.82) is 0 Å². The minimum absolute atomic E-state index is 0.496. The van der Waals surface area contributed by atoms with Crippen molar-refractivity contribution in [2.75, 3.05) is 21.3 Å². The summed E-state index contributed by atoms with van der Waals surface area (Å²) in [5, 5.41) is 0. The third-order valence-corrected chi connectivity index (χ3v) is 9.25. The predicted octanol–water partition coefficient (Wildman–Crippen LogP) is 1.68. The standard InChI is InChI=1S/C13H22O4Si/c1-14-18(15-2,16-3)7-4-8-9(5-7)11-6-10(8)12-13(11)17-12/h7-13H,4-6H2,1-3H3. The summed E-state index contributed by atoms with van der Waals surface area (Å²) in [5.74, 6) is 3.34. The Labute approximate surface area is 109 Å². The molecule has 0 N–H and O–H groups in total. The SMILES string of the molecule is CO[Si](OC)(OC)C1CC2C(C1)C1CC2C2OC12. The van der Waals surface area contributed by atoms with Gasteiger partial charge in [-0.25, -0.2) is 0 Å². The third-order valence-electron chi connectivity index (χ3n) is 6.07. The molecule has 0 aromatic carbocycles. The smallest absolute Gasteiger partial charge is 0.377 e. The van der Waals surface area contributed by atoms with E-state index in [4.69, 9.17) is 18.0 Å². The van der Waals surface area contributed by atoms with E-state index in [1.807, 2.05) is 0 Å². The van der Waals surface area contributed by atoms with E-state index in [2.05, 4.69) is 0 Å². The maximum absolute atomic E-state index is 5.79. The van der Waals surface area contributed by atoms with Crippen LogP contribution in [0.3, 0.4) is 0 Å². The van der Waals surface area contributed by atoms with Crippen molar-refractivity contribution in [2.24, 2.45) is 23.7 Å². The van der Waals surface area contributed by atoms with Crippen LogP contribution in [0, 0.1) is 23.7 Å². The summed E-state index contributed by atoms with van der Waals surface area (Å²) in [6, 6.07) is 0. The molecule has 18 heavy (non-hydrogen) atoms. The minimum Gasteiger partial charge on any atom is -0.377 e. The first-order valence-corrected chi connectivity index (χ1v) is 8.85. The van der Waals surface area contributed by atoms with Gasteiger partial charge in [0.15, 0.2) is 0 Å². The fraction of sp³-hybridized carbons (Fsp3) is 1.00. The zero-order valence-electron chi connectivity index (χ0n) is 11.3. The number of fused-ring (bicyclic) bond motifs is 8. The van der Waals surface area contributed by atoms with Gasteiger partial charge in [-0.2, -0.15) is 0 Å². The Morgan fingerprint density at radius 3 is 1.72 bits per heavy atom. The topological polar surface area (TPSA) is 40.2 Å². The van der Waals surface area contributed by atoms with Crippen LogP contribution in [0.25, 0.3) is 0 Å². The van der Waals surface area contributed by atoms with E-state index in [-0.39, 0.29) is 0 Å². The molecule has 4 fully saturated rings. The first-order chi connectivity index (χ1) is 8.74. The molecule has 0 aromatic heterocycles. The van der Waals surface area contributed by atoms with Crippen LogP contribution in [0.2, 0.25) is 5.54 Å². The first-order valence-electron chi connectivity index (χ1n) is 7.05. The Kier molecular flexibility index (Phi) is 2.50. The van der Waals surface area contributed by atoms with Gasteiger partial charge in [0.25, 0.3) is 0 Å². The molecule has 4 rings (SSSR count). The fourth-order valence-corrected chi connectivity index (χ4v) is 7.99. The molecule has 1 heterocycles. The summed E-state index contributed by atoms with van der Waals surface area (Å²) in [7, 11) is 2.79. The average Bonchev–Trinajstić information content (AvgIpc) is 2.81. The molecular formula is C13H22O4Si. The molecule has 6 atom stereocenters. The summed E-state index contributed by atoms with van der Waals surface area (Å²) < 4.78 is 22.8. The van der Waals surface area contributed by atoms with Gasteiger partial charge >= 0.3 is 8.80 Å². The molecule has 6 unspecified atom stereocenters. The lowest BCUT2D eigenvalue weighted by Crippen LogP contribution is -2.47. The maximum Gasteiger partial charge on any atom is 0.503 e. The van der Waals surface area contributed by atoms with Gasteiger partial charge in [-0.05, 0) is 42.9 Å². The molecule has 4 aliphatic rings. The number of hydrogen-bond donors (Lipinski definition) is 0. The van der Waals surface area contributed by atoms with Gasteiger partial charge in [-0.1, -0.05) is 0 Å². The highest BCUT2D eigenvalue weighted by Crippen LogP contribution is 2.68. The van der Waals surface area contributed by atoms with Crippen LogP contribution in [0.4, 0.5) is 0 Å². The number of epoxide rings is 1. The summed E-state index contributed by atoms with van der Waals surface area (Å²) in [4.78, 5) is 0. The molecule has 2 bridgehead atoms. The second kappa shape index (κ2) is 3.79. The van der Waals surface area contributed by atoms with Crippen molar-refractivity contribution in [3.05, 3.63) is 0 Å². The van der Waals surface area contributed by atoms with Gasteiger partial charge in [0.05, 0.1) is 12.2 Å². The lowest BCUT2D eigenvalue weighted by Gasteiger charge is -2.30. The fourth-order valence-electron chi connectivity index (χ4n) is 5.37. The van der Waals surface area contributed by atoms with E-state index < -0.39 is 8.80 Å². The highest BCUT2D eigenvalue weighted by atomic mass is 28.4. The van der Waals surface area contributed by atoms with Gasteiger partial charge in [-0.3, -0.25) is 0 Å². The van der Waals surface area contributed by atoms with E-state index in [1.165, 1.54) is 19.3 Å². The molecule has 0 spiro atoms. The number of ether oxygens (including phenoxy) is 1. The van der Waals surface area contributed by atoms with Gasteiger partial charge in [-0.15, -0.1) is 0 Å². The average molecular weight is 270 g/mol. The number of hydrogen-bond acceptors (Lipinski definition) is 4. The third kappa shape index (κ3) is 1.29. The van der Waals surface area contributed by atoms with Crippen molar-refractivity contribution in [3.63, 3.8) is 0 Å². The van der Waals surface area contributed by atoms with Crippen molar-refractivity contribution < 1.29 is 18.0 Å². The lowest BCUT2D eigenvalue weighted by atomic mass is 9.82. The van der Waals surface area contributed by atoms with Crippen molar-refractivity contribution in [2.45, 2.75) is 37.0 Å². The number of rotatable bonds is 4. The Hall–Kier alpha value is 0.0569. The molecule has 1 saturated heterocycles. The van der Waals surface area contributed by atoms with Crippen molar-refractivity contribution in [3.8, 4) is 0 Å². The second-order valence-corrected chi connectivity index (χ2v) is 9.59. The van der Waals surface area contributed by atoms with E-state index >= 15 is 0 Å². The van der Waals surface area contributed by atoms with Crippen LogP contribution < -0.4 is 0 Å². The quantitative estimate of drug-likeness (QED) is 0.575. The van der Waals surface area contributed by atoms with Gasteiger partial charge in [0, 0.05) is 26.9 Å². The molecule has 0 amide bonds. The minimum atomic E-state index is -2.43. The Morgan fingerprint density at radius 1 is 0.778 bits per heavy atom. The molecule has 4 nitrogen and oxygen atoms in total. The molecule has 3 aliphatic carbocycles. The maximum atomic E-state index is 5.79. The summed E-state index contributed by atoms with van der Waals surface area (Å²) >= 11 is 0. The van der Waals surface area contributed by atoms with E-state index in [1.54, 1.807) is 21.3 Å². The largest absolute Gasteiger partial charge is 0.503 e. The van der Waals surface area contributed by atoms with E-state index in [9.17, 15) is 0 Å². The molecule has 0 radical (unpaired) electrons. The molecule has 5 heteroatoms. The van der Waals surface area contributed by atoms with Crippen LogP contribution >= 0.6 is 0 Å². The second-order valence-electron chi connectivity index (χ2n) is 6.34. The lowest BCUT2D eigenvalue weighted by molar-refractivity contribution is 0.108. The van der Waals surface area contributed by atoms with Crippen LogP contribution in [0.15, 0.2) is 0 Å². The van der Waals surface area contributed by atoms with Gasteiger partial charge in [0.1, 0.15) is 0 Å². The van der Waals surface area contributed by atoms with E-state index in [0.717, 1.165) is 23.7 Å². The molecule has 102 valence electrons. The van der Waals surface area contributed by atoms with Crippen molar-refractivity contribution >= 4 is 8.80 Å². The molecule has 1 aliphatic heterocycles. The van der Waals surface area contributed by atoms with Crippen LogP contribution in [-0.2, 0) is 18.0 Å². The van der Waals surface area contributed by atoms with Crippen molar-refractivity contribution in [1.82, 2.24) is 0 Å². The zero-order valence-corrected chi connectivity index (χ0v) is 12.3. The summed E-state index contributed by atoms with van der Waals surface area (Å²) in [5.41, 5.74) is 0.496. The summed E-state index contributed by atoms with van der Waals surface area (Å²) in [6.45, 7) is 0.